The third-order valence-corrected chi connectivity index (χ3v) is 4.85. The van der Waals surface area contributed by atoms with Crippen molar-refractivity contribution in [2.45, 2.75) is 18.6 Å². The van der Waals surface area contributed by atoms with Gasteiger partial charge >= 0.3 is 6.18 Å². The first kappa shape index (κ1) is 18.6. The van der Waals surface area contributed by atoms with E-state index in [1.54, 1.807) is 18.2 Å². The van der Waals surface area contributed by atoms with Crippen LogP contribution in [0.5, 0.6) is 0 Å². The molecule has 0 saturated carbocycles. The molecule has 1 aromatic heterocycles. The second kappa shape index (κ2) is 7.01. The van der Waals surface area contributed by atoms with Crippen LogP contribution in [0.25, 0.3) is 11.1 Å². The van der Waals surface area contributed by atoms with Crippen LogP contribution in [0.3, 0.4) is 0 Å². The zero-order valence-corrected chi connectivity index (χ0v) is 15.2. The monoisotopic (exact) mass is 409 g/mol. The fourth-order valence-electron chi connectivity index (χ4n) is 3.28. The molecule has 3 aromatic rings. The lowest BCUT2D eigenvalue weighted by Gasteiger charge is -2.19. The van der Waals surface area contributed by atoms with Gasteiger partial charge in [-0.1, -0.05) is 23.7 Å². The van der Waals surface area contributed by atoms with Crippen molar-refractivity contribution in [2.24, 2.45) is 0 Å². The Labute approximate surface area is 163 Å². The lowest BCUT2D eigenvalue weighted by molar-refractivity contribution is -0.138. The molecule has 1 aliphatic heterocycles. The van der Waals surface area contributed by atoms with Crippen LogP contribution in [0.2, 0.25) is 5.02 Å². The highest BCUT2D eigenvalue weighted by Gasteiger charge is 2.37. The van der Waals surface area contributed by atoms with Crippen LogP contribution in [-0.4, -0.2) is 34.9 Å². The minimum absolute atomic E-state index is 0.175. The van der Waals surface area contributed by atoms with E-state index in [4.69, 9.17) is 16.0 Å². The van der Waals surface area contributed by atoms with Gasteiger partial charge in [0, 0.05) is 30.2 Å². The average Bonchev–Trinajstić information content (AvgIpc) is 3.26. The molecule has 9 heteroatoms. The van der Waals surface area contributed by atoms with Crippen molar-refractivity contribution in [1.29, 1.82) is 0 Å². The summed E-state index contributed by atoms with van der Waals surface area (Å²) in [5.41, 5.74) is -0.101. The molecule has 1 fully saturated rings. The topological polar surface area (TPSA) is 58.4 Å². The second-order valence-electron chi connectivity index (χ2n) is 6.56. The summed E-state index contributed by atoms with van der Waals surface area (Å²) in [6, 6.07) is 10.0. The van der Waals surface area contributed by atoms with E-state index >= 15 is 0 Å². The van der Waals surface area contributed by atoms with Crippen LogP contribution < -0.4 is 5.32 Å². The van der Waals surface area contributed by atoms with E-state index in [2.05, 4.69) is 10.3 Å². The molecule has 0 spiro atoms. The highest BCUT2D eigenvalue weighted by molar-refractivity contribution is 6.31. The summed E-state index contributed by atoms with van der Waals surface area (Å²) >= 11 is 5.92. The number of halogens is 4. The summed E-state index contributed by atoms with van der Waals surface area (Å²) in [6.45, 7) is 0.596. The number of likely N-dealkylation sites (tertiary alicyclic amines) is 1. The number of alkyl halides is 3. The molecule has 1 saturated heterocycles. The minimum atomic E-state index is -4.58. The Morgan fingerprint density at radius 2 is 2.04 bits per heavy atom. The van der Waals surface area contributed by atoms with Crippen molar-refractivity contribution in [3.8, 4) is 0 Å². The largest absolute Gasteiger partial charge is 0.423 e. The normalized spacial score (nSPS) is 17.3. The number of carbonyl (C=O) groups is 1. The van der Waals surface area contributed by atoms with E-state index in [1.165, 1.54) is 23.1 Å². The number of nitrogens with zero attached hydrogens (tertiary/aromatic N) is 2. The summed E-state index contributed by atoms with van der Waals surface area (Å²) < 4.78 is 45.1. The van der Waals surface area contributed by atoms with Gasteiger partial charge < -0.3 is 14.6 Å². The Kier molecular flexibility index (Phi) is 4.66. The van der Waals surface area contributed by atoms with E-state index in [9.17, 15) is 18.0 Å². The van der Waals surface area contributed by atoms with Crippen LogP contribution in [0.1, 0.15) is 22.3 Å². The Morgan fingerprint density at radius 1 is 1.25 bits per heavy atom. The van der Waals surface area contributed by atoms with Crippen molar-refractivity contribution in [3.63, 3.8) is 0 Å². The van der Waals surface area contributed by atoms with Gasteiger partial charge in [-0.2, -0.15) is 18.2 Å². The van der Waals surface area contributed by atoms with E-state index in [-0.39, 0.29) is 24.2 Å². The summed E-state index contributed by atoms with van der Waals surface area (Å²) in [4.78, 5) is 18.3. The summed E-state index contributed by atoms with van der Waals surface area (Å²) in [5.74, 6) is -0.637. The van der Waals surface area contributed by atoms with Crippen molar-refractivity contribution < 1.29 is 22.4 Å². The number of carbonyl (C=O) groups excluding carboxylic acids is 1. The van der Waals surface area contributed by atoms with Gasteiger partial charge in [-0.05, 0) is 30.7 Å². The predicted molar refractivity (Wildman–Crippen MR) is 98.4 cm³/mol. The average molecular weight is 410 g/mol. The maximum absolute atomic E-state index is 13.2. The SMILES string of the molecule is O=C(c1ccccc1C(F)(F)F)N1CC[C@@H](Nc2nc3ccc(Cl)cc3o2)C1. The second-order valence-corrected chi connectivity index (χ2v) is 6.99. The molecular weight excluding hydrogens is 395 g/mol. The number of hydrogen-bond acceptors (Lipinski definition) is 4. The molecule has 1 atom stereocenters. The fraction of sp³-hybridized carbons (Fsp3) is 0.263. The number of aromatic nitrogens is 1. The Balaban J connectivity index is 1.47. The minimum Gasteiger partial charge on any atom is -0.423 e. The van der Waals surface area contributed by atoms with Gasteiger partial charge in [-0.25, -0.2) is 0 Å². The molecule has 146 valence electrons. The van der Waals surface area contributed by atoms with Gasteiger partial charge in [-0.15, -0.1) is 0 Å². The van der Waals surface area contributed by atoms with Crippen molar-refractivity contribution in [3.05, 3.63) is 58.6 Å². The number of fused-ring (bicyclic) bond motifs is 1. The number of nitrogens with one attached hydrogen (secondary N) is 1. The van der Waals surface area contributed by atoms with Crippen molar-refractivity contribution >= 4 is 34.6 Å². The number of rotatable bonds is 3. The van der Waals surface area contributed by atoms with Crippen molar-refractivity contribution in [1.82, 2.24) is 9.88 Å². The van der Waals surface area contributed by atoms with E-state index in [0.29, 0.717) is 29.1 Å². The molecule has 0 unspecified atom stereocenters. The van der Waals surface area contributed by atoms with E-state index in [0.717, 1.165) is 6.07 Å². The van der Waals surface area contributed by atoms with Crippen LogP contribution in [0, 0.1) is 0 Å². The van der Waals surface area contributed by atoms with Crippen molar-refractivity contribution in [2.75, 3.05) is 18.4 Å². The molecule has 1 aliphatic rings. The maximum Gasteiger partial charge on any atom is 0.417 e. The summed E-state index contributed by atoms with van der Waals surface area (Å²) in [6.07, 6.45) is -4.01. The lowest BCUT2D eigenvalue weighted by atomic mass is 10.1. The molecule has 2 aromatic carbocycles. The van der Waals surface area contributed by atoms with Gasteiger partial charge in [0.05, 0.1) is 11.1 Å². The Bertz CT molecular complexity index is 1030. The molecule has 0 radical (unpaired) electrons. The van der Waals surface area contributed by atoms with Crippen LogP contribution >= 0.6 is 11.6 Å². The van der Waals surface area contributed by atoms with Crippen LogP contribution in [-0.2, 0) is 6.18 Å². The fourth-order valence-corrected chi connectivity index (χ4v) is 3.45. The highest BCUT2D eigenvalue weighted by Crippen LogP contribution is 2.33. The van der Waals surface area contributed by atoms with Gasteiger partial charge in [0.15, 0.2) is 5.58 Å². The lowest BCUT2D eigenvalue weighted by Crippen LogP contribution is -2.33. The molecule has 0 aliphatic carbocycles. The standard InChI is InChI=1S/C19H15ClF3N3O2/c20-11-5-6-15-16(9-11)28-18(25-15)24-12-7-8-26(10-12)17(27)13-3-1-2-4-14(13)19(21,22)23/h1-6,9,12H,7-8,10H2,(H,24,25)/t12-/m1/s1. The predicted octanol–water partition coefficient (Wildman–Crippen LogP) is 4.83. The third-order valence-electron chi connectivity index (χ3n) is 4.62. The first-order chi connectivity index (χ1) is 13.3. The molecule has 0 bridgehead atoms. The first-order valence-corrected chi connectivity index (χ1v) is 8.97. The smallest absolute Gasteiger partial charge is 0.417 e. The highest BCUT2D eigenvalue weighted by atomic mass is 35.5. The first-order valence-electron chi connectivity index (χ1n) is 8.59. The third kappa shape index (κ3) is 3.64. The van der Waals surface area contributed by atoms with Crippen LogP contribution in [0.4, 0.5) is 19.2 Å². The Morgan fingerprint density at radius 3 is 2.82 bits per heavy atom. The van der Waals surface area contributed by atoms with Gasteiger partial charge in [-0.3, -0.25) is 4.79 Å². The van der Waals surface area contributed by atoms with Crippen LogP contribution in [0.15, 0.2) is 46.9 Å². The molecule has 1 amide bonds. The molecule has 5 nitrogen and oxygen atoms in total. The van der Waals surface area contributed by atoms with Gasteiger partial charge in [0.25, 0.3) is 11.9 Å². The number of benzene rings is 2. The Hall–Kier alpha value is -2.74. The molecule has 28 heavy (non-hydrogen) atoms. The molecule has 4 rings (SSSR count). The zero-order chi connectivity index (χ0) is 19.9. The number of amides is 1. The van der Waals surface area contributed by atoms with Gasteiger partial charge in [0.2, 0.25) is 0 Å². The van der Waals surface area contributed by atoms with Gasteiger partial charge in [0.1, 0.15) is 5.52 Å². The quantitative estimate of drug-likeness (QED) is 0.673. The number of oxazole rings is 1. The van der Waals surface area contributed by atoms with E-state index in [1.807, 2.05) is 0 Å². The molecule has 1 N–H and O–H groups in total. The molecule has 2 heterocycles. The zero-order valence-electron chi connectivity index (χ0n) is 14.5. The van der Waals surface area contributed by atoms with E-state index < -0.39 is 17.6 Å². The number of hydrogen-bond donors (Lipinski definition) is 1. The molecular formula is C19H15ClF3N3O2. The maximum atomic E-state index is 13.2. The number of anilines is 1. The summed E-state index contributed by atoms with van der Waals surface area (Å²) in [7, 11) is 0. The summed E-state index contributed by atoms with van der Waals surface area (Å²) in [5, 5.41) is 3.62.